The Labute approximate surface area is 152 Å². The highest BCUT2D eigenvalue weighted by Gasteiger charge is 2.34. The molecule has 0 saturated carbocycles. The molecule has 1 amide bonds. The van der Waals surface area contributed by atoms with Gasteiger partial charge in [-0.3, -0.25) is 9.69 Å². The zero-order chi connectivity index (χ0) is 16.9. The third-order valence-corrected chi connectivity index (χ3v) is 5.33. The number of carbonyl (C=O) groups is 1. The van der Waals surface area contributed by atoms with E-state index in [0.29, 0.717) is 22.4 Å². The average Bonchev–Trinajstić information content (AvgIpc) is 3.18. The van der Waals surface area contributed by atoms with Crippen molar-refractivity contribution in [2.75, 3.05) is 19.8 Å². The number of benzene rings is 1. The molecule has 3 rings (SSSR count). The van der Waals surface area contributed by atoms with Gasteiger partial charge in [-0.15, -0.1) is 0 Å². The van der Waals surface area contributed by atoms with Gasteiger partial charge in [-0.1, -0.05) is 49.1 Å². The molecule has 0 radical (unpaired) electrons. The number of thiocarbonyl (C=S) groups is 1. The summed E-state index contributed by atoms with van der Waals surface area (Å²) in [6.07, 6.45) is 4.96. The van der Waals surface area contributed by atoms with Crippen LogP contribution < -0.4 is 4.74 Å². The summed E-state index contributed by atoms with van der Waals surface area (Å²) >= 11 is 6.74. The van der Waals surface area contributed by atoms with E-state index in [4.69, 9.17) is 21.7 Å². The number of hydrogen-bond acceptors (Lipinski definition) is 5. The Morgan fingerprint density at radius 2 is 2.29 bits per heavy atom. The second-order valence-corrected chi connectivity index (χ2v) is 7.49. The number of carbonyl (C=O) groups excluding carboxylic acids is 1. The van der Waals surface area contributed by atoms with E-state index in [-0.39, 0.29) is 12.0 Å². The first kappa shape index (κ1) is 17.5. The molecule has 24 heavy (non-hydrogen) atoms. The summed E-state index contributed by atoms with van der Waals surface area (Å²) in [4.78, 5) is 15.0. The molecule has 6 heteroatoms. The Morgan fingerprint density at radius 1 is 1.46 bits per heavy atom. The van der Waals surface area contributed by atoms with E-state index in [2.05, 4.69) is 6.92 Å². The maximum Gasteiger partial charge on any atom is 0.266 e. The fourth-order valence-electron chi connectivity index (χ4n) is 2.73. The lowest BCUT2D eigenvalue weighted by Crippen LogP contribution is -2.35. The molecule has 1 aromatic carbocycles. The molecule has 4 nitrogen and oxygen atoms in total. The number of amides is 1. The highest BCUT2D eigenvalue weighted by atomic mass is 32.2. The van der Waals surface area contributed by atoms with Crippen molar-refractivity contribution in [2.45, 2.75) is 32.3 Å². The summed E-state index contributed by atoms with van der Waals surface area (Å²) in [7, 11) is 0. The van der Waals surface area contributed by atoms with E-state index in [9.17, 15) is 4.79 Å². The first-order chi connectivity index (χ1) is 11.7. The summed E-state index contributed by atoms with van der Waals surface area (Å²) < 4.78 is 12.0. The largest absolute Gasteiger partial charge is 0.493 e. The molecule has 0 aromatic heterocycles. The van der Waals surface area contributed by atoms with E-state index in [1.165, 1.54) is 11.8 Å². The van der Waals surface area contributed by atoms with Crippen LogP contribution in [0.25, 0.3) is 6.08 Å². The first-order valence-electron chi connectivity index (χ1n) is 8.28. The van der Waals surface area contributed by atoms with Gasteiger partial charge in [0, 0.05) is 12.2 Å². The molecule has 128 valence electrons. The van der Waals surface area contributed by atoms with Crippen molar-refractivity contribution in [1.82, 2.24) is 4.90 Å². The lowest BCUT2D eigenvalue weighted by atomic mass is 10.2. The van der Waals surface area contributed by atoms with Gasteiger partial charge in [-0.2, -0.15) is 0 Å². The van der Waals surface area contributed by atoms with Gasteiger partial charge in [-0.05, 0) is 31.4 Å². The summed E-state index contributed by atoms with van der Waals surface area (Å²) in [6.45, 7) is 4.05. The zero-order valence-corrected chi connectivity index (χ0v) is 15.3. The van der Waals surface area contributed by atoms with Gasteiger partial charge in [0.25, 0.3) is 5.91 Å². The van der Waals surface area contributed by atoms with Crippen molar-refractivity contribution < 1.29 is 14.3 Å². The van der Waals surface area contributed by atoms with E-state index in [1.54, 1.807) is 4.90 Å². The van der Waals surface area contributed by atoms with E-state index < -0.39 is 0 Å². The Bertz CT molecular complexity index is 653. The van der Waals surface area contributed by atoms with E-state index in [0.717, 1.165) is 37.2 Å². The SMILES string of the molecule is CCCOc1ccccc1/C=C1/SC(=S)N(C[C@@H]2CCCO2)C1=O. The molecule has 0 aliphatic carbocycles. The second-order valence-electron chi connectivity index (χ2n) is 5.81. The minimum Gasteiger partial charge on any atom is -0.493 e. The molecule has 2 saturated heterocycles. The quantitative estimate of drug-likeness (QED) is 0.567. The van der Waals surface area contributed by atoms with Gasteiger partial charge >= 0.3 is 0 Å². The molecule has 0 unspecified atom stereocenters. The van der Waals surface area contributed by atoms with E-state index in [1.807, 2.05) is 30.3 Å². The van der Waals surface area contributed by atoms with Gasteiger partial charge in [-0.25, -0.2) is 0 Å². The number of hydrogen-bond donors (Lipinski definition) is 0. The predicted octanol–water partition coefficient (Wildman–Crippen LogP) is 3.86. The molecular formula is C18H21NO3S2. The molecular weight excluding hydrogens is 342 g/mol. The second kappa shape index (κ2) is 8.14. The van der Waals surface area contributed by atoms with Gasteiger partial charge in [0.05, 0.1) is 24.2 Å². The van der Waals surface area contributed by atoms with Crippen LogP contribution in [0.15, 0.2) is 29.2 Å². The summed E-state index contributed by atoms with van der Waals surface area (Å²) in [5, 5.41) is 0. The number of thioether (sulfide) groups is 1. The average molecular weight is 364 g/mol. The normalized spacial score (nSPS) is 22.6. The molecule has 1 aromatic rings. The highest BCUT2D eigenvalue weighted by molar-refractivity contribution is 8.26. The lowest BCUT2D eigenvalue weighted by Gasteiger charge is -2.18. The number of ether oxygens (including phenoxy) is 2. The molecule has 2 heterocycles. The van der Waals surface area contributed by atoms with E-state index >= 15 is 0 Å². The van der Waals surface area contributed by atoms with Crippen LogP contribution in [0.1, 0.15) is 31.7 Å². The van der Waals surface area contributed by atoms with Crippen LogP contribution in [0.3, 0.4) is 0 Å². The number of rotatable bonds is 6. The topological polar surface area (TPSA) is 38.8 Å². The molecule has 1 atom stereocenters. The van der Waals surface area contributed by atoms with Crippen molar-refractivity contribution in [3.05, 3.63) is 34.7 Å². The van der Waals surface area contributed by atoms with Crippen LogP contribution in [0.5, 0.6) is 5.75 Å². The fourth-order valence-corrected chi connectivity index (χ4v) is 4.00. The monoisotopic (exact) mass is 363 g/mol. The predicted molar refractivity (Wildman–Crippen MR) is 101 cm³/mol. The number of nitrogens with zero attached hydrogens (tertiary/aromatic N) is 1. The Kier molecular flexibility index (Phi) is 5.92. The van der Waals surface area contributed by atoms with Gasteiger partial charge in [0.2, 0.25) is 0 Å². The van der Waals surface area contributed by atoms with Crippen molar-refractivity contribution in [1.29, 1.82) is 0 Å². The van der Waals surface area contributed by atoms with Crippen molar-refractivity contribution in [3.63, 3.8) is 0 Å². The Hall–Kier alpha value is -1.37. The standard InChI is InChI=1S/C18H21NO3S2/c1-2-9-22-15-8-4-3-6-13(15)11-16-17(20)19(18(23)24-16)12-14-7-5-10-21-14/h3-4,6,8,11,14H,2,5,7,9-10,12H2,1H3/b16-11+/t14-/m0/s1. The summed E-state index contributed by atoms with van der Waals surface area (Å²) in [6, 6.07) is 7.76. The van der Waals surface area contributed by atoms with Crippen molar-refractivity contribution in [3.8, 4) is 5.75 Å². The molecule has 0 N–H and O–H groups in total. The minimum absolute atomic E-state index is 0.0363. The molecule has 0 bridgehead atoms. The fraction of sp³-hybridized carbons (Fsp3) is 0.444. The van der Waals surface area contributed by atoms with Crippen LogP contribution in [0, 0.1) is 0 Å². The van der Waals surface area contributed by atoms with Crippen LogP contribution in [0.2, 0.25) is 0 Å². The molecule has 2 fully saturated rings. The van der Waals surface area contributed by atoms with Crippen molar-refractivity contribution in [2.24, 2.45) is 0 Å². The molecule has 0 spiro atoms. The first-order valence-corrected chi connectivity index (χ1v) is 9.50. The Balaban J connectivity index is 1.76. The van der Waals surface area contributed by atoms with Crippen LogP contribution in [-0.2, 0) is 9.53 Å². The summed E-state index contributed by atoms with van der Waals surface area (Å²) in [5.74, 6) is 0.759. The van der Waals surface area contributed by atoms with Crippen LogP contribution in [-0.4, -0.2) is 41.0 Å². The zero-order valence-electron chi connectivity index (χ0n) is 13.7. The van der Waals surface area contributed by atoms with Crippen LogP contribution >= 0.6 is 24.0 Å². The third kappa shape index (κ3) is 3.99. The van der Waals surface area contributed by atoms with Gasteiger partial charge < -0.3 is 9.47 Å². The Morgan fingerprint density at radius 3 is 3.04 bits per heavy atom. The van der Waals surface area contributed by atoms with Gasteiger partial charge in [0.15, 0.2) is 0 Å². The minimum atomic E-state index is -0.0363. The smallest absolute Gasteiger partial charge is 0.266 e. The lowest BCUT2D eigenvalue weighted by molar-refractivity contribution is -0.123. The maximum absolute atomic E-state index is 12.7. The molecule has 2 aliphatic rings. The maximum atomic E-state index is 12.7. The van der Waals surface area contributed by atoms with Crippen LogP contribution in [0.4, 0.5) is 0 Å². The third-order valence-electron chi connectivity index (χ3n) is 3.95. The highest BCUT2D eigenvalue weighted by Crippen LogP contribution is 2.35. The molecule has 2 aliphatic heterocycles. The van der Waals surface area contributed by atoms with Gasteiger partial charge in [0.1, 0.15) is 10.1 Å². The summed E-state index contributed by atoms with van der Waals surface area (Å²) in [5.41, 5.74) is 0.906. The van der Waals surface area contributed by atoms with Crippen molar-refractivity contribution >= 4 is 40.3 Å². The number of para-hydroxylation sites is 1.